The molecule has 1 aliphatic carbocycles. The zero-order chi connectivity index (χ0) is 14.7. The largest absolute Gasteiger partial charge is 0.207 e. The van der Waals surface area contributed by atoms with Crippen molar-refractivity contribution < 1.29 is 4.39 Å². The Balaban J connectivity index is 1.96. The topological polar surface area (TPSA) is 0 Å². The van der Waals surface area contributed by atoms with Gasteiger partial charge in [-0.2, -0.15) is 0 Å². The molecular formula is C21H13F. The molecule has 0 aliphatic heterocycles. The molecule has 0 amide bonds. The molecule has 0 bridgehead atoms. The predicted octanol–water partition coefficient (Wildman–Crippen LogP) is 5.85. The summed E-state index contributed by atoms with van der Waals surface area (Å²) in [6.07, 6.45) is 5.47. The van der Waals surface area contributed by atoms with Crippen LogP contribution < -0.4 is 0 Å². The van der Waals surface area contributed by atoms with Gasteiger partial charge in [-0.05, 0) is 74.1 Å². The molecule has 0 nitrogen and oxygen atoms in total. The summed E-state index contributed by atoms with van der Waals surface area (Å²) in [5.41, 5.74) is 2.74. The van der Waals surface area contributed by atoms with Crippen molar-refractivity contribution >= 4 is 38.4 Å². The molecule has 0 aromatic heterocycles. The molecule has 0 unspecified atom stereocenters. The lowest BCUT2D eigenvalue weighted by atomic mass is 9.94. The Labute approximate surface area is 127 Å². The number of allylic oxidation sites excluding steroid dienone is 1. The molecule has 4 aromatic carbocycles. The molecule has 0 fully saturated rings. The van der Waals surface area contributed by atoms with E-state index in [1.165, 1.54) is 33.4 Å². The molecule has 22 heavy (non-hydrogen) atoms. The van der Waals surface area contributed by atoms with Crippen LogP contribution in [0.5, 0.6) is 0 Å². The van der Waals surface area contributed by atoms with Crippen LogP contribution in [0.15, 0.2) is 60.7 Å². The summed E-state index contributed by atoms with van der Waals surface area (Å²) in [7, 11) is 0. The fourth-order valence-corrected chi connectivity index (χ4v) is 3.60. The van der Waals surface area contributed by atoms with Crippen molar-refractivity contribution in [3.8, 4) is 0 Å². The molecule has 1 aliphatic rings. The van der Waals surface area contributed by atoms with Crippen LogP contribution in [-0.2, 0) is 6.42 Å². The molecule has 0 radical (unpaired) electrons. The van der Waals surface area contributed by atoms with E-state index in [4.69, 9.17) is 0 Å². The third-order valence-electron chi connectivity index (χ3n) is 4.69. The molecule has 1 heteroatoms. The summed E-state index contributed by atoms with van der Waals surface area (Å²) in [5, 5.41) is 7.01. The van der Waals surface area contributed by atoms with Crippen molar-refractivity contribution in [2.75, 3.05) is 0 Å². The average Bonchev–Trinajstić information content (AvgIpc) is 3.01. The Hall–Kier alpha value is -2.67. The van der Waals surface area contributed by atoms with E-state index in [0.717, 1.165) is 22.6 Å². The zero-order valence-electron chi connectivity index (χ0n) is 11.9. The van der Waals surface area contributed by atoms with Gasteiger partial charge in [0.15, 0.2) is 0 Å². The molecule has 0 saturated carbocycles. The first kappa shape index (κ1) is 11.9. The Morgan fingerprint density at radius 1 is 0.682 bits per heavy atom. The zero-order valence-corrected chi connectivity index (χ0v) is 11.9. The lowest BCUT2D eigenvalue weighted by Crippen LogP contribution is -1.86. The fraction of sp³-hybridized carbons (Fsp3) is 0.0476. The average molecular weight is 284 g/mol. The van der Waals surface area contributed by atoms with Crippen molar-refractivity contribution in [1.29, 1.82) is 0 Å². The monoisotopic (exact) mass is 284 g/mol. The fourth-order valence-electron chi connectivity index (χ4n) is 3.60. The molecule has 0 N–H and O–H groups in total. The Morgan fingerprint density at radius 2 is 1.55 bits per heavy atom. The van der Waals surface area contributed by atoms with Crippen LogP contribution in [0.25, 0.3) is 38.4 Å². The summed E-state index contributed by atoms with van der Waals surface area (Å²) in [4.78, 5) is 0. The summed E-state index contributed by atoms with van der Waals surface area (Å²) >= 11 is 0. The van der Waals surface area contributed by atoms with Crippen LogP contribution in [0.2, 0.25) is 0 Å². The van der Waals surface area contributed by atoms with E-state index in [-0.39, 0.29) is 5.82 Å². The van der Waals surface area contributed by atoms with Gasteiger partial charge in [-0.25, -0.2) is 4.39 Å². The number of hydrogen-bond donors (Lipinski definition) is 0. The van der Waals surface area contributed by atoms with E-state index in [1.807, 2.05) is 6.07 Å². The SMILES string of the molecule is Fc1ccc2cc3c(ccc4c5c(ccc43)CC=C5)cc2c1. The Bertz CT molecular complexity index is 1100. The van der Waals surface area contributed by atoms with Crippen molar-refractivity contribution in [3.05, 3.63) is 77.6 Å². The third kappa shape index (κ3) is 1.57. The Morgan fingerprint density at radius 3 is 2.50 bits per heavy atom. The lowest BCUT2D eigenvalue weighted by molar-refractivity contribution is 0.630. The first-order chi connectivity index (χ1) is 10.8. The van der Waals surface area contributed by atoms with Crippen LogP contribution in [0, 0.1) is 5.82 Å². The molecule has 0 saturated heterocycles. The second-order valence-electron chi connectivity index (χ2n) is 5.97. The summed E-state index contributed by atoms with van der Waals surface area (Å²) in [5.74, 6) is -0.185. The van der Waals surface area contributed by atoms with Crippen molar-refractivity contribution in [2.24, 2.45) is 0 Å². The molecule has 104 valence electrons. The van der Waals surface area contributed by atoms with Crippen molar-refractivity contribution in [3.63, 3.8) is 0 Å². The van der Waals surface area contributed by atoms with E-state index in [0.29, 0.717) is 0 Å². The van der Waals surface area contributed by atoms with Gasteiger partial charge < -0.3 is 0 Å². The first-order valence-electron chi connectivity index (χ1n) is 7.54. The second-order valence-corrected chi connectivity index (χ2v) is 5.97. The standard InChI is InChI=1S/C21H13F/c22-17-7-4-14-12-21-15(10-16(14)11-17)6-9-19-18-3-1-2-13(18)5-8-20(19)21/h1,3-12H,2H2. The van der Waals surface area contributed by atoms with Gasteiger partial charge in [0, 0.05) is 0 Å². The molecule has 0 heterocycles. The van der Waals surface area contributed by atoms with Gasteiger partial charge in [0.1, 0.15) is 5.82 Å². The lowest BCUT2D eigenvalue weighted by Gasteiger charge is -2.10. The number of rotatable bonds is 0. The Kier molecular flexibility index (Phi) is 2.26. The second kappa shape index (κ2) is 4.17. The van der Waals surface area contributed by atoms with Crippen molar-refractivity contribution in [2.45, 2.75) is 6.42 Å². The van der Waals surface area contributed by atoms with Crippen LogP contribution >= 0.6 is 0 Å². The summed E-state index contributed by atoms with van der Waals surface area (Å²) < 4.78 is 13.4. The third-order valence-corrected chi connectivity index (χ3v) is 4.69. The summed E-state index contributed by atoms with van der Waals surface area (Å²) in [6, 6.07) is 18.0. The van der Waals surface area contributed by atoms with Gasteiger partial charge in [0.05, 0.1) is 0 Å². The highest BCUT2D eigenvalue weighted by molar-refractivity contribution is 6.14. The van der Waals surface area contributed by atoms with Gasteiger partial charge in [0.2, 0.25) is 0 Å². The number of hydrogen-bond acceptors (Lipinski definition) is 0. The molecular weight excluding hydrogens is 271 g/mol. The highest BCUT2D eigenvalue weighted by Gasteiger charge is 2.11. The van der Waals surface area contributed by atoms with E-state index in [2.05, 4.69) is 48.6 Å². The maximum absolute atomic E-state index is 13.4. The van der Waals surface area contributed by atoms with Crippen LogP contribution in [0.3, 0.4) is 0 Å². The smallest absolute Gasteiger partial charge is 0.123 e. The van der Waals surface area contributed by atoms with Gasteiger partial charge in [0.25, 0.3) is 0 Å². The van der Waals surface area contributed by atoms with E-state index in [1.54, 1.807) is 6.07 Å². The van der Waals surface area contributed by atoms with Gasteiger partial charge >= 0.3 is 0 Å². The van der Waals surface area contributed by atoms with Crippen LogP contribution in [0.1, 0.15) is 11.1 Å². The molecule has 5 rings (SSSR count). The molecule has 0 atom stereocenters. The quantitative estimate of drug-likeness (QED) is 0.280. The predicted molar refractivity (Wildman–Crippen MR) is 91.7 cm³/mol. The minimum atomic E-state index is -0.185. The minimum absolute atomic E-state index is 0.185. The number of halogens is 1. The van der Waals surface area contributed by atoms with Gasteiger partial charge in [-0.1, -0.05) is 42.5 Å². The normalized spacial score (nSPS) is 13.3. The van der Waals surface area contributed by atoms with Crippen LogP contribution in [0.4, 0.5) is 4.39 Å². The van der Waals surface area contributed by atoms with Crippen molar-refractivity contribution in [1.82, 2.24) is 0 Å². The van der Waals surface area contributed by atoms with E-state index >= 15 is 0 Å². The maximum atomic E-state index is 13.4. The maximum Gasteiger partial charge on any atom is 0.123 e. The molecule has 0 spiro atoms. The highest BCUT2D eigenvalue weighted by Crippen LogP contribution is 2.34. The van der Waals surface area contributed by atoms with E-state index < -0.39 is 0 Å². The van der Waals surface area contributed by atoms with Gasteiger partial charge in [-0.3, -0.25) is 0 Å². The van der Waals surface area contributed by atoms with E-state index in [9.17, 15) is 4.39 Å². The number of fused-ring (bicyclic) bond motifs is 6. The summed E-state index contributed by atoms with van der Waals surface area (Å²) in [6.45, 7) is 0. The highest BCUT2D eigenvalue weighted by atomic mass is 19.1. The van der Waals surface area contributed by atoms with Crippen LogP contribution in [-0.4, -0.2) is 0 Å². The first-order valence-corrected chi connectivity index (χ1v) is 7.54. The minimum Gasteiger partial charge on any atom is -0.207 e. The molecule has 4 aromatic rings. The van der Waals surface area contributed by atoms with Gasteiger partial charge in [-0.15, -0.1) is 0 Å². The number of benzene rings is 4.